The summed E-state index contributed by atoms with van der Waals surface area (Å²) >= 11 is 1.01. The number of anilines is 1. The molecule has 0 aromatic carbocycles. The van der Waals surface area contributed by atoms with E-state index in [4.69, 9.17) is 5.11 Å². The first-order valence-electron chi connectivity index (χ1n) is 7.29. The fraction of sp³-hybridized carbons (Fsp3) is 0.467. The Morgan fingerprint density at radius 3 is 2.50 bits per heavy atom. The molecule has 8 nitrogen and oxygen atoms in total. The van der Waals surface area contributed by atoms with Crippen molar-refractivity contribution in [3.63, 3.8) is 0 Å². The number of amides is 1. The van der Waals surface area contributed by atoms with E-state index in [1.807, 2.05) is 4.90 Å². The SMILES string of the molecule is CC#CCn1c(N2CCN(C(=O)O)CC2)nc(C=O)c1C(=O)SC. The molecule has 1 aliphatic heterocycles. The van der Waals surface area contributed by atoms with Crippen LogP contribution >= 0.6 is 11.8 Å². The van der Waals surface area contributed by atoms with Crippen LogP contribution in [0.15, 0.2) is 0 Å². The summed E-state index contributed by atoms with van der Waals surface area (Å²) in [5.74, 6) is 6.14. The summed E-state index contributed by atoms with van der Waals surface area (Å²) in [6.07, 6.45) is 1.25. The van der Waals surface area contributed by atoms with Gasteiger partial charge in [-0.2, -0.15) is 0 Å². The van der Waals surface area contributed by atoms with E-state index in [1.165, 1.54) is 4.90 Å². The van der Waals surface area contributed by atoms with Gasteiger partial charge >= 0.3 is 6.09 Å². The number of carbonyl (C=O) groups excluding carboxylic acids is 2. The zero-order valence-corrected chi connectivity index (χ0v) is 14.3. The van der Waals surface area contributed by atoms with Crippen molar-refractivity contribution in [3.8, 4) is 11.8 Å². The molecular weight excluding hydrogens is 332 g/mol. The lowest BCUT2D eigenvalue weighted by Crippen LogP contribution is -2.49. The number of rotatable bonds is 4. The van der Waals surface area contributed by atoms with Gasteiger partial charge in [0.2, 0.25) is 11.1 Å². The first kappa shape index (κ1) is 17.9. The molecule has 0 radical (unpaired) electrons. The van der Waals surface area contributed by atoms with Gasteiger partial charge in [-0.1, -0.05) is 17.7 Å². The van der Waals surface area contributed by atoms with Gasteiger partial charge in [0.25, 0.3) is 0 Å². The minimum absolute atomic E-state index is 0.0860. The molecule has 0 spiro atoms. The molecule has 24 heavy (non-hydrogen) atoms. The average Bonchev–Trinajstić information content (AvgIpc) is 2.97. The highest BCUT2D eigenvalue weighted by Gasteiger charge is 2.28. The maximum absolute atomic E-state index is 12.2. The number of hydrogen-bond acceptors (Lipinski definition) is 6. The van der Waals surface area contributed by atoms with E-state index < -0.39 is 6.09 Å². The average molecular weight is 350 g/mol. The van der Waals surface area contributed by atoms with Gasteiger partial charge in [-0.3, -0.25) is 14.2 Å². The molecule has 1 aromatic rings. The smallest absolute Gasteiger partial charge is 0.407 e. The molecule has 1 aromatic heterocycles. The molecule has 9 heteroatoms. The Morgan fingerprint density at radius 1 is 1.33 bits per heavy atom. The highest BCUT2D eigenvalue weighted by atomic mass is 32.2. The van der Waals surface area contributed by atoms with Crippen LogP contribution in [0.4, 0.5) is 10.7 Å². The molecule has 0 saturated carbocycles. The topological polar surface area (TPSA) is 95.7 Å². The van der Waals surface area contributed by atoms with Gasteiger partial charge in [0.15, 0.2) is 6.29 Å². The van der Waals surface area contributed by atoms with E-state index in [9.17, 15) is 14.4 Å². The highest BCUT2D eigenvalue weighted by molar-refractivity contribution is 8.13. The predicted molar refractivity (Wildman–Crippen MR) is 90.7 cm³/mol. The number of piperazine rings is 1. The number of aldehydes is 1. The van der Waals surface area contributed by atoms with Gasteiger partial charge in [-0.15, -0.1) is 5.92 Å². The van der Waals surface area contributed by atoms with Crippen LogP contribution < -0.4 is 4.90 Å². The number of imidazole rings is 1. The number of nitrogens with zero attached hydrogens (tertiary/aromatic N) is 4. The zero-order valence-electron chi connectivity index (χ0n) is 13.5. The molecule has 0 atom stereocenters. The third-order valence-electron chi connectivity index (χ3n) is 3.71. The summed E-state index contributed by atoms with van der Waals surface area (Å²) in [5.41, 5.74) is 0.318. The van der Waals surface area contributed by atoms with Crippen molar-refractivity contribution in [2.45, 2.75) is 13.5 Å². The number of thioether (sulfide) groups is 1. The Morgan fingerprint density at radius 2 is 2.00 bits per heavy atom. The summed E-state index contributed by atoms with van der Waals surface area (Å²) in [6, 6.07) is 0. The fourth-order valence-corrected chi connectivity index (χ4v) is 2.91. The largest absolute Gasteiger partial charge is 0.465 e. The van der Waals surface area contributed by atoms with Crippen molar-refractivity contribution in [2.24, 2.45) is 0 Å². The third kappa shape index (κ3) is 3.54. The van der Waals surface area contributed by atoms with E-state index in [0.29, 0.717) is 38.4 Å². The Kier molecular flexibility index (Phi) is 5.87. The normalized spacial score (nSPS) is 14.1. The zero-order chi connectivity index (χ0) is 17.7. The fourth-order valence-electron chi connectivity index (χ4n) is 2.50. The number of carbonyl (C=O) groups is 3. The molecule has 1 fully saturated rings. The lowest BCUT2D eigenvalue weighted by Gasteiger charge is -2.33. The Bertz CT molecular complexity index is 711. The Balaban J connectivity index is 2.39. The van der Waals surface area contributed by atoms with Gasteiger partial charge in [-0.25, -0.2) is 9.78 Å². The molecule has 0 unspecified atom stereocenters. The quantitative estimate of drug-likeness (QED) is 0.640. The summed E-state index contributed by atoms with van der Waals surface area (Å²) in [5, 5.41) is 8.78. The molecule has 1 N–H and O–H groups in total. The van der Waals surface area contributed by atoms with Crippen LogP contribution in [0, 0.1) is 11.8 Å². The standard InChI is InChI=1S/C15H18N4O4S/c1-3-4-5-19-12(13(21)24-2)11(10-20)16-14(19)17-6-8-18(9-7-17)15(22)23/h10H,5-9H2,1-2H3,(H,22,23). The van der Waals surface area contributed by atoms with Crippen LogP contribution in [0.1, 0.15) is 27.9 Å². The van der Waals surface area contributed by atoms with Gasteiger partial charge in [0.05, 0.1) is 6.54 Å². The lowest BCUT2D eigenvalue weighted by atomic mass is 10.3. The summed E-state index contributed by atoms with van der Waals surface area (Å²) in [6.45, 7) is 3.49. The maximum Gasteiger partial charge on any atom is 0.407 e. The van der Waals surface area contributed by atoms with E-state index in [0.717, 1.165) is 11.8 Å². The van der Waals surface area contributed by atoms with E-state index in [2.05, 4.69) is 16.8 Å². The van der Waals surface area contributed by atoms with Crippen molar-refractivity contribution in [1.29, 1.82) is 0 Å². The minimum Gasteiger partial charge on any atom is -0.465 e. The second-order valence-corrected chi connectivity index (χ2v) is 5.80. The van der Waals surface area contributed by atoms with Gasteiger partial charge in [0, 0.05) is 26.2 Å². The predicted octanol–water partition coefficient (Wildman–Crippen LogP) is 1.02. The van der Waals surface area contributed by atoms with Crippen LogP contribution in [-0.4, -0.2) is 69.5 Å². The molecule has 0 aliphatic carbocycles. The summed E-state index contributed by atoms with van der Waals surface area (Å²) < 4.78 is 1.63. The number of hydrogen-bond donors (Lipinski definition) is 1. The van der Waals surface area contributed by atoms with Gasteiger partial charge in [0.1, 0.15) is 11.4 Å². The van der Waals surface area contributed by atoms with Crippen molar-refractivity contribution in [1.82, 2.24) is 14.5 Å². The molecule has 128 valence electrons. The Labute approximate surface area is 143 Å². The van der Waals surface area contributed by atoms with Gasteiger partial charge < -0.3 is 14.9 Å². The number of aromatic nitrogens is 2. The molecular formula is C15H18N4O4S. The van der Waals surface area contributed by atoms with Crippen LogP contribution in [0.5, 0.6) is 0 Å². The van der Waals surface area contributed by atoms with E-state index in [1.54, 1.807) is 17.7 Å². The molecule has 2 rings (SSSR count). The van der Waals surface area contributed by atoms with Crippen molar-refractivity contribution >= 4 is 35.2 Å². The highest BCUT2D eigenvalue weighted by Crippen LogP contribution is 2.23. The Hall–Kier alpha value is -2.47. The van der Waals surface area contributed by atoms with E-state index in [-0.39, 0.29) is 23.0 Å². The molecule has 1 aliphatic rings. The summed E-state index contributed by atoms with van der Waals surface area (Å²) in [7, 11) is 0. The van der Waals surface area contributed by atoms with Crippen molar-refractivity contribution in [2.75, 3.05) is 37.3 Å². The first-order chi connectivity index (χ1) is 11.5. The van der Waals surface area contributed by atoms with Gasteiger partial charge in [-0.05, 0) is 13.2 Å². The van der Waals surface area contributed by atoms with Crippen molar-refractivity contribution < 1.29 is 19.5 Å². The lowest BCUT2D eigenvalue weighted by molar-refractivity contribution is 0.106. The molecule has 0 bridgehead atoms. The second-order valence-electron chi connectivity index (χ2n) is 5.02. The molecule has 1 saturated heterocycles. The third-order valence-corrected chi connectivity index (χ3v) is 4.28. The maximum atomic E-state index is 12.2. The summed E-state index contributed by atoms with van der Waals surface area (Å²) in [4.78, 5) is 42.0. The molecule has 2 heterocycles. The van der Waals surface area contributed by atoms with Crippen LogP contribution in [0.25, 0.3) is 0 Å². The molecule has 1 amide bonds. The van der Waals surface area contributed by atoms with Crippen LogP contribution in [0.3, 0.4) is 0 Å². The van der Waals surface area contributed by atoms with Crippen molar-refractivity contribution in [3.05, 3.63) is 11.4 Å². The second kappa shape index (κ2) is 7.88. The first-order valence-corrected chi connectivity index (χ1v) is 8.52. The minimum atomic E-state index is -0.957. The number of carboxylic acid groups (broad SMARTS) is 1. The van der Waals surface area contributed by atoms with Crippen LogP contribution in [-0.2, 0) is 6.54 Å². The van der Waals surface area contributed by atoms with Crippen LogP contribution in [0.2, 0.25) is 0 Å². The monoisotopic (exact) mass is 350 g/mol. The van der Waals surface area contributed by atoms with E-state index >= 15 is 0 Å².